The maximum atomic E-state index is 13.8. The van der Waals surface area contributed by atoms with Crippen molar-refractivity contribution in [3.8, 4) is 5.75 Å². The third kappa shape index (κ3) is 3.43. The fourth-order valence-corrected chi connectivity index (χ4v) is 8.50. The molecular weight excluding hydrogens is 289 g/mol. The van der Waals surface area contributed by atoms with Crippen LogP contribution >= 0.6 is 0 Å². The molecule has 1 aromatic carbocycles. The van der Waals surface area contributed by atoms with Crippen LogP contribution in [0.4, 0.5) is 10.1 Å². The van der Waals surface area contributed by atoms with E-state index in [0.717, 1.165) is 6.07 Å². The van der Waals surface area contributed by atoms with Crippen LogP contribution in [0.15, 0.2) is 18.2 Å². The summed E-state index contributed by atoms with van der Waals surface area (Å²) in [5, 5.41) is 10.7. The van der Waals surface area contributed by atoms with Gasteiger partial charge in [-0.3, -0.25) is 10.1 Å². The molecule has 4 nitrogen and oxygen atoms in total. The number of hydrogen-bond donors (Lipinski definition) is 0. The van der Waals surface area contributed by atoms with Gasteiger partial charge in [0, 0.05) is 12.1 Å². The van der Waals surface area contributed by atoms with Crippen molar-refractivity contribution < 1.29 is 13.7 Å². The Morgan fingerprint density at radius 3 is 1.90 bits per heavy atom. The average molecular weight is 313 g/mol. The monoisotopic (exact) mass is 313 g/mol. The van der Waals surface area contributed by atoms with Crippen LogP contribution in [0.5, 0.6) is 5.75 Å². The minimum atomic E-state index is -2.17. The van der Waals surface area contributed by atoms with Crippen LogP contribution in [0.3, 0.4) is 0 Å². The molecule has 0 N–H and O–H groups in total. The third-order valence-corrected chi connectivity index (χ3v) is 10.1. The van der Waals surface area contributed by atoms with E-state index in [1.54, 1.807) is 0 Å². The van der Waals surface area contributed by atoms with E-state index in [1.165, 1.54) is 12.1 Å². The molecule has 0 saturated heterocycles. The molecule has 0 aliphatic rings. The molecule has 1 aromatic rings. The van der Waals surface area contributed by atoms with Crippen molar-refractivity contribution in [3.63, 3.8) is 0 Å². The van der Waals surface area contributed by atoms with Gasteiger partial charge in [0.15, 0.2) is 0 Å². The minimum Gasteiger partial charge on any atom is -0.543 e. The van der Waals surface area contributed by atoms with E-state index in [2.05, 4.69) is 41.5 Å². The van der Waals surface area contributed by atoms with Gasteiger partial charge in [0.05, 0.1) is 4.92 Å². The van der Waals surface area contributed by atoms with E-state index in [4.69, 9.17) is 4.43 Å². The number of hydrogen-bond acceptors (Lipinski definition) is 3. The summed E-state index contributed by atoms with van der Waals surface area (Å²) in [6.07, 6.45) is 0. The van der Waals surface area contributed by atoms with Gasteiger partial charge < -0.3 is 4.43 Å². The number of nitrogens with zero attached hydrogens (tertiary/aromatic N) is 1. The molecule has 0 radical (unpaired) electrons. The van der Waals surface area contributed by atoms with E-state index in [-0.39, 0.29) is 0 Å². The second-order valence-electron chi connectivity index (χ2n) is 6.29. The Morgan fingerprint density at radius 2 is 1.57 bits per heavy atom. The lowest BCUT2D eigenvalue weighted by Gasteiger charge is -2.42. The van der Waals surface area contributed by atoms with E-state index in [1.807, 2.05) is 0 Å². The van der Waals surface area contributed by atoms with Crippen molar-refractivity contribution in [1.29, 1.82) is 0 Å². The first-order valence-electron chi connectivity index (χ1n) is 7.25. The number of rotatable bonds is 6. The van der Waals surface area contributed by atoms with Gasteiger partial charge in [-0.1, -0.05) is 41.5 Å². The van der Waals surface area contributed by atoms with Gasteiger partial charge in [-0.25, -0.2) is 0 Å². The third-order valence-electron chi connectivity index (χ3n) is 4.12. The predicted octanol–water partition coefficient (Wildman–Crippen LogP) is 5.29. The Balaban J connectivity index is 3.22. The van der Waals surface area contributed by atoms with Crippen molar-refractivity contribution in [2.24, 2.45) is 0 Å². The van der Waals surface area contributed by atoms with Crippen molar-refractivity contribution in [2.75, 3.05) is 0 Å². The summed E-state index contributed by atoms with van der Waals surface area (Å²) in [5.74, 6) is -0.461. The highest BCUT2D eigenvalue weighted by Gasteiger charge is 2.47. The van der Waals surface area contributed by atoms with Crippen LogP contribution in [0.25, 0.3) is 0 Å². The zero-order valence-electron chi connectivity index (χ0n) is 13.5. The van der Waals surface area contributed by atoms with Gasteiger partial charge in [0.1, 0.15) is 5.75 Å². The molecule has 0 bridgehead atoms. The van der Waals surface area contributed by atoms with Crippen LogP contribution < -0.4 is 4.43 Å². The van der Waals surface area contributed by atoms with Gasteiger partial charge in [-0.05, 0) is 22.7 Å². The fourth-order valence-electron chi connectivity index (χ4n) is 3.26. The Kier molecular flexibility index (Phi) is 5.50. The highest BCUT2D eigenvalue weighted by Crippen LogP contribution is 2.43. The molecule has 1 rings (SSSR count). The second kappa shape index (κ2) is 6.55. The molecule has 0 aliphatic carbocycles. The fraction of sp³-hybridized carbons (Fsp3) is 0.600. The van der Waals surface area contributed by atoms with Crippen LogP contribution in [-0.2, 0) is 0 Å². The molecule has 0 saturated carbocycles. The summed E-state index contributed by atoms with van der Waals surface area (Å²) in [6, 6.07) is 3.80. The molecule has 0 unspecified atom stereocenters. The molecule has 21 heavy (non-hydrogen) atoms. The van der Waals surface area contributed by atoms with Crippen molar-refractivity contribution in [2.45, 2.75) is 58.2 Å². The van der Waals surface area contributed by atoms with Gasteiger partial charge in [-0.15, -0.1) is 0 Å². The zero-order chi connectivity index (χ0) is 16.4. The smallest absolute Gasteiger partial charge is 0.305 e. The topological polar surface area (TPSA) is 52.4 Å². The van der Waals surface area contributed by atoms with Gasteiger partial charge in [0.2, 0.25) is 5.82 Å². The molecule has 6 heteroatoms. The number of halogens is 1. The minimum absolute atomic E-state index is 0.357. The predicted molar refractivity (Wildman–Crippen MR) is 84.7 cm³/mol. The lowest BCUT2D eigenvalue weighted by molar-refractivity contribution is -0.387. The summed E-state index contributed by atoms with van der Waals surface area (Å²) in [4.78, 5) is 9.95. The first-order valence-corrected chi connectivity index (χ1v) is 9.39. The number of nitro groups is 1. The molecule has 0 amide bonds. The molecule has 0 heterocycles. The summed E-state index contributed by atoms with van der Waals surface area (Å²) in [7, 11) is -2.17. The standard InChI is InChI=1S/C15H24FNO3Si/c1-10(2)21(11(3)4,12(5)6)20-13-7-8-15(17(18)19)14(16)9-13/h7-12H,1-6H3. The molecule has 0 fully saturated rings. The Morgan fingerprint density at radius 1 is 1.10 bits per heavy atom. The van der Waals surface area contributed by atoms with E-state index in [0.29, 0.717) is 22.4 Å². The van der Waals surface area contributed by atoms with Gasteiger partial charge >= 0.3 is 5.69 Å². The first-order chi connectivity index (χ1) is 9.62. The van der Waals surface area contributed by atoms with Crippen molar-refractivity contribution in [1.82, 2.24) is 0 Å². The SMILES string of the molecule is CC(C)[Si](Oc1ccc([N+](=O)[O-])c(F)c1)(C(C)C)C(C)C. The van der Waals surface area contributed by atoms with E-state index >= 15 is 0 Å². The lowest BCUT2D eigenvalue weighted by Crippen LogP contribution is -2.50. The second-order valence-corrected chi connectivity index (χ2v) is 11.7. The summed E-state index contributed by atoms with van der Waals surface area (Å²) >= 11 is 0. The maximum absolute atomic E-state index is 13.8. The van der Waals surface area contributed by atoms with Crippen LogP contribution in [0.1, 0.15) is 41.5 Å². The maximum Gasteiger partial charge on any atom is 0.305 e. The summed E-state index contributed by atoms with van der Waals surface area (Å²) < 4.78 is 20.1. The number of nitro benzene ring substituents is 1. The summed E-state index contributed by atoms with van der Waals surface area (Å²) in [6.45, 7) is 12.8. The van der Waals surface area contributed by atoms with E-state index < -0.39 is 24.7 Å². The Labute approximate surface area is 126 Å². The molecule has 0 atom stereocenters. The van der Waals surface area contributed by atoms with Crippen LogP contribution in [0, 0.1) is 15.9 Å². The molecular formula is C15H24FNO3Si. The molecule has 118 valence electrons. The van der Waals surface area contributed by atoms with Crippen LogP contribution in [-0.4, -0.2) is 13.2 Å². The Bertz CT molecular complexity index is 496. The van der Waals surface area contributed by atoms with Crippen molar-refractivity contribution >= 4 is 14.0 Å². The van der Waals surface area contributed by atoms with E-state index in [9.17, 15) is 14.5 Å². The van der Waals surface area contributed by atoms with Gasteiger partial charge in [-0.2, -0.15) is 4.39 Å². The highest BCUT2D eigenvalue weighted by molar-refractivity contribution is 6.78. The zero-order valence-corrected chi connectivity index (χ0v) is 14.5. The Hall–Kier alpha value is -1.43. The van der Waals surface area contributed by atoms with Gasteiger partial charge in [0.25, 0.3) is 8.32 Å². The van der Waals surface area contributed by atoms with Crippen molar-refractivity contribution in [3.05, 3.63) is 34.1 Å². The molecule has 0 spiro atoms. The first kappa shape index (κ1) is 17.6. The average Bonchev–Trinajstić information content (AvgIpc) is 2.34. The van der Waals surface area contributed by atoms with Crippen LogP contribution in [0.2, 0.25) is 16.6 Å². The lowest BCUT2D eigenvalue weighted by atomic mass is 10.3. The number of benzene rings is 1. The highest BCUT2D eigenvalue weighted by atomic mass is 28.4. The molecule has 0 aliphatic heterocycles. The molecule has 0 aromatic heterocycles. The summed E-state index contributed by atoms with van der Waals surface area (Å²) in [5.41, 5.74) is 0.551. The largest absolute Gasteiger partial charge is 0.543 e. The normalized spacial score (nSPS) is 12.3. The quantitative estimate of drug-likeness (QED) is 0.407.